The molecule has 2 heterocycles. The zero-order chi connectivity index (χ0) is 19.8. The predicted molar refractivity (Wildman–Crippen MR) is 108 cm³/mol. The van der Waals surface area contributed by atoms with Crippen LogP contribution in [0.2, 0.25) is 5.02 Å². The van der Waals surface area contributed by atoms with Crippen LogP contribution < -0.4 is 10.7 Å². The highest BCUT2D eigenvalue weighted by Crippen LogP contribution is 2.25. The van der Waals surface area contributed by atoms with Crippen LogP contribution in [0.25, 0.3) is 10.9 Å². The van der Waals surface area contributed by atoms with Crippen molar-refractivity contribution in [2.75, 3.05) is 18.4 Å². The largest absolute Gasteiger partial charge is 0.358 e. The first-order valence-corrected chi connectivity index (χ1v) is 9.41. The molecule has 4 rings (SSSR count). The van der Waals surface area contributed by atoms with Gasteiger partial charge in [-0.2, -0.15) is 0 Å². The van der Waals surface area contributed by atoms with E-state index in [1.807, 2.05) is 11.8 Å². The van der Waals surface area contributed by atoms with E-state index in [1.165, 1.54) is 12.1 Å². The van der Waals surface area contributed by atoms with Crippen molar-refractivity contribution in [2.45, 2.75) is 19.9 Å². The molecule has 0 unspecified atom stereocenters. The number of fused-ring (bicyclic) bond motifs is 2. The summed E-state index contributed by atoms with van der Waals surface area (Å²) in [4.78, 5) is 30.6. The van der Waals surface area contributed by atoms with Crippen LogP contribution in [0, 0.1) is 12.7 Å². The van der Waals surface area contributed by atoms with E-state index in [1.54, 1.807) is 24.3 Å². The lowest BCUT2D eigenvalue weighted by molar-refractivity contribution is -0.117. The zero-order valence-electron chi connectivity index (χ0n) is 15.3. The lowest BCUT2D eigenvalue weighted by Gasteiger charge is -2.28. The Morgan fingerprint density at radius 2 is 2.14 bits per heavy atom. The molecule has 1 aliphatic rings. The van der Waals surface area contributed by atoms with Crippen molar-refractivity contribution in [3.05, 3.63) is 74.3 Å². The molecule has 0 radical (unpaired) electrons. The van der Waals surface area contributed by atoms with Crippen molar-refractivity contribution >= 4 is 34.1 Å². The first-order chi connectivity index (χ1) is 13.4. The number of halogens is 2. The van der Waals surface area contributed by atoms with E-state index in [9.17, 15) is 14.0 Å². The van der Waals surface area contributed by atoms with Gasteiger partial charge in [0.05, 0.1) is 12.1 Å². The molecule has 1 aromatic heterocycles. The molecule has 0 bridgehead atoms. The Morgan fingerprint density at radius 1 is 1.32 bits per heavy atom. The summed E-state index contributed by atoms with van der Waals surface area (Å²) in [5, 5.41) is 3.91. The minimum absolute atomic E-state index is 0.0289. The number of nitrogens with one attached hydrogen (secondary N) is 2. The zero-order valence-corrected chi connectivity index (χ0v) is 16.1. The van der Waals surface area contributed by atoms with Gasteiger partial charge in [0.2, 0.25) is 5.91 Å². The van der Waals surface area contributed by atoms with Gasteiger partial charge in [-0.1, -0.05) is 17.7 Å². The number of rotatable bonds is 3. The Labute approximate surface area is 166 Å². The molecular formula is C21H19ClFN3O2. The Kier molecular flexibility index (Phi) is 4.91. The van der Waals surface area contributed by atoms with Crippen LogP contribution in [-0.2, 0) is 17.8 Å². The number of aryl methyl sites for hydroxylation is 1. The smallest absolute Gasteiger partial charge is 0.238 e. The second-order valence-electron chi connectivity index (χ2n) is 7.03. The molecule has 0 fully saturated rings. The van der Waals surface area contributed by atoms with Crippen molar-refractivity contribution < 1.29 is 9.18 Å². The highest BCUT2D eigenvalue weighted by molar-refractivity contribution is 6.32. The number of nitrogens with zero attached hydrogens (tertiary/aromatic N) is 1. The van der Waals surface area contributed by atoms with Gasteiger partial charge in [-0.15, -0.1) is 0 Å². The normalized spacial score (nSPS) is 14.1. The van der Waals surface area contributed by atoms with Crippen molar-refractivity contribution in [3.8, 4) is 0 Å². The van der Waals surface area contributed by atoms with E-state index in [0.717, 1.165) is 16.8 Å². The molecule has 0 saturated carbocycles. The van der Waals surface area contributed by atoms with Gasteiger partial charge in [0.1, 0.15) is 5.82 Å². The molecule has 5 nitrogen and oxygen atoms in total. The number of carbonyl (C=O) groups excluding carboxylic acids is 1. The fourth-order valence-corrected chi connectivity index (χ4v) is 3.78. The van der Waals surface area contributed by atoms with E-state index in [4.69, 9.17) is 11.6 Å². The summed E-state index contributed by atoms with van der Waals surface area (Å²) in [5.41, 5.74) is 3.59. The standard InChI is InChI=1S/C21H19ClFN3O2/c1-12-17(22)6-5-15-20(12)25-18-7-8-26(10-16(18)21(15)28)11-19(27)24-14-4-2-3-13(23)9-14/h2-6,9H,7-8,10-11H2,1H3,(H,24,27)(H,25,28). The maximum absolute atomic E-state index is 13.3. The number of anilines is 1. The molecule has 144 valence electrons. The highest BCUT2D eigenvalue weighted by atomic mass is 35.5. The fraction of sp³-hybridized carbons (Fsp3) is 0.238. The molecule has 1 aliphatic heterocycles. The number of hydrogen-bond acceptors (Lipinski definition) is 3. The Hall–Kier alpha value is -2.70. The van der Waals surface area contributed by atoms with Crippen molar-refractivity contribution in [1.82, 2.24) is 9.88 Å². The minimum atomic E-state index is -0.404. The SMILES string of the molecule is Cc1c(Cl)ccc2c(=O)c3c([nH]c12)CCN(CC(=O)Nc1cccc(F)c1)C3. The molecule has 28 heavy (non-hydrogen) atoms. The number of H-pyrrole nitrogens is 1. The molecule has 7 heteroatoms. The number of benzene rings is 2. The number of amides is 1. The minimum Gasteiger partial charge on any atom is -0.358 e. The number of hydrogen-bond donors (Lipinski definition) is 2. The van der Waals surface area contributed by atoms with Gasteiger partial charge in [0, 0.05) is 46.9 Å². The Balaban J connectivity index is 1.54. The third kappa shape index (κ3) is 3.53. The maximum atomic E-state index is 13.3. The van der Waals surface area contributed by atoms with Crippen LogP contribution >= 0.6 is 11.6 Å². The van der Waals surface area contributed by atoms with Gasteiger partial charge in [-0.25, -0.2) is 4.39 Å². The van der Waals surface area contributed by atoms with E-state index < -0.39 is 5.82 Å². The second-order valence-corrected chi connectivity index (χ2v) is 7.43. The summed E-state index contributed by atoms with van der Waals surface area (Å²) in [7, 11) is 0. The Bertz CT molecular complexity index is 1140. The van der Waals surface area contributed by atoms with E-state index in [-0.39, 0.29) is 17.9 Å². The first kappa shape index (κ1) is 18.7. The highest BCUT2D eigenvalue weighted by Gasteiger charge is 2.23. The van der Waals surface area contributed by atoms with Crippen LogP contribution in [0.4, 0.5) is 10.1 Å². The fourth-order valence-electron chi connectivity index (χ4n) is 3.62. The van der Waals surface area contributed by atoms with E-state index in [2.05, 4.69) is 10.3 Å². The molecule has 0 atom stereocenters. The molecule has 2 aromatic carbocycles. The van der Waals surface area contributed by atoms with Gasteiger partial charge < -0.3 is 10.3 Å². The van der Waals surface area contributed by atoms with Gasteiger partial charge in [0.15, 0.2) is 5.43 Å². The van der Waals surface area contributed by atoms with Crippen LogP contribution in [0.3, 0.4) is 0 Å². The van der Waals surface area contributed by atoms with Crippen molar-refractivity contribution in [3.63, 3.8) is 0 Å². The van der Waals surface area contributed by atoms with Crippen molar-refractivity contribution in [2.24, 2.45) is 0 Å². The summed E-state index contributed by atoms with van der Waals surface area (Å²) in [6, 6.07) is 9.24. The van der Waals surface area contributed by atoms with Crippen LogP contribution in [-0.4, -0.2) is 28.9 Å². The molecule has 3 aromatic rings. The second kappa shape index (κ2) is 7.37. The molecule has 0 spiro atoms. The van der Waals surface area contributed by atoms with Crippen LogP contribution in [0.15, 0.2) is 41.2 Å². The lowest BCUT2D eigenvalue weighted by atomic mass is 10.0. The first-order valence-electron chi connectivity index (χ1n) is 9.03. The van der Waals surface area contributed by atoms with Gasteiger partial charge >= 0.3 is 0 Å². The monoisotopic (exact) mass is 399 g/mol. The maximum Gasteiger partial charge on any atom is 0.238 e. The number of pyridine rings is 1. The van der Waals surface area contributed by atoms with Crippen LogP contribution in [0.5, 0.6) is 0 Å². The molecule has 0 aliphatic carbocycles. The summed E-state index contributed by atoms with van der Waals surface area (Å²) in [5.74, 6) is -0.646. The predicted octanol–water partition coefficient (Wildman–Crippen LogP) is 3.63. The summed E-state index contributed by atoms with van der Waals surface area (Å²) >= 11 is 6.18. The summed E-state index contributed by atoms with van der Waals surface area (Å²) < 4.78 is 13.3. The van der Waals surface area contributed by atoms with Gasteiger partial charge in [-0.3, -0.25) is 14.5 Å². The average Bonchev–Trinajstić information content (AvgIpc) is 2.66. The quantitative estimate of drug-likeness (QED) is 0.707. The summed E-state index contributed by atoms with van der Waals surface area (Å²) in [6.45, 7) is 3.05. The van der Waals surface area contributed by atoms with Gasteiger partial charge in [-0.05, 0) is 42.8 Å². The Morgan fingerprint density at radius 3 is 2.93 bits per heavy atom. The third-order valence-electron chi connectivity index (χ3n) is 5.09. The van der Waals surface area contributed by atoms with Crippen molar-refractivity contribution in [1.29, 1.82) is 0 Å². The summed E-state index contributed by atoms with van der Waals surface area (Å²) in [6.07, 6.45) is 0.639. The van der Waals surface area contributed by atoms with E-state index >= 15 is 0 Å². The number of aromatic nitrogens is 1. The molecule has 1 amide bonds. The lowest BCUT2D eigenvalue weighted by Crippen LogP contribution is -2.39. The van der Waals surface area contributed by atoms with E-state index in [0.29, 0.717) is 41.2 Å². The topological polar surface area (TPSA) is 65.2 Å². The van der Waals surface area contributed by atoms with Crippen LogP contribution in [0.1, 0.15) is 16.8 Å². The number of carbonyl (C=O) groups is 1. The average molecular weight is 400 g/mol. The third-order valence-corrected chi connectivity index (χ3v) is 5.50. The number of aromatic amines is 1. The molecule has 0 saturated heterocycles. The molecular weight excluding hydrogens is 381 g/mol. The van der Waals surface area contributed by atoms with Gasteiger partial charge in [0.25, 0.3) is 0 Å². The molecule has 2 N–H and O–H groups in total.